The number of carboxylic acids is 1. The van der Waals surface area contributed by atoms with Gasteiger partial charge >= 0.3 is 5.97 Å². The average molecular weight is 412 g/mol. The number of benzene rings is 2. The lowest BCUT2D eigenvalue weighted by molar-refractivity contribution is 0.0698. The fraction of sp³-hybridized carbons (Fsp3) is 0.174. The molecule has 0 aliphatic carbocycles. The summed E-state index contributed by atoms with van der Waals surface area (Å²) < 4.78 is 1.78. The zero-order chi connectivity index (χ0) is 22.1. The molecule has 0 fully saturated rings. The highest BCUT2D eigenvalue weighted by Crippen LogP contribution is 2.30. The maximum absolute atomic E-state index is 11.6. The number of nitriles is 1. The number of carbonyl (C=O) groups is 1. The lowest BCUT2D eigenvalue weighted by Crippen LogP contribution is -2.12. The molecule has 0 saturated heterocycles. The van der Waals surface area contributed by atoms with E-state index in [9.17, 15) is 15.2 Å². The highest BCUT2D eigenvalue weighted by atomic mass is 16.4. The molecule has 8 heteroatoms. The number of hydrogen-bond donors (Lipinski definition) is 2. The van der Waals surface area contributed by atoms with Crippen LogP contribution in [0.15, 0.2) is 48.9 Å². The first-order valence-corrected chi connectivity index (χ1v) is 9.67. The van der Waals surface area contributed by atoms with Gasteiger partial charge in [0.2, 0.25) is 0 Å². The number of para-hydroxylation sites is 1. The Morgan fingerprint density at radius 3 is 2.71 bits per heavy atom. The van der Waals surface area contributed by atoms with Crippen molar-refractivity contribution in [2.24, 2.45) is 7.05 Å². The number of nitrogens with zero attached hydrogens (tertiary/aromatic N) is 5. The summed E-state index contributed by atoms with van der Waals surface area (Å²) in [4.78, 5) is 25.2. The molecule has 2 aromatic heterocycles. The molecule has 1 atom stereocenters. The van der Waals surface area contributed by atoms with Crippen molar-refractivity contribution >= 4 is 22.7 Å². The molecular formula is C23H20N6O2. The zero-order valence-corrected chi connectivity index (χ0v) is 17.3. The molecule has 2 heterocycles. The van der Waals surface area contributed by atoms with Crippen molar-refractivity contribution in [3.05, 3.63) is 71.3 Å². The van der Waals surface area contributed by atoms with Crippen LogP contribution in [0.4, 0.5) is 5.69 Å². The fourth-order valence-electron chi connectivity index (χ4n) is 3.56. The van der Waals surface area contributed by atoms with Gasteiger partial charge in [0.15, 0.2) is 5.69 Å². The summed E-state index contributed by atoms with van der Waals surface area (Å²) in [6.07, 6.45) is 3.43. The molecule has 154 valence electrons. The molecule has 0 aliphatic heterocycles. The molecular weight excluding hydrogens is 392 g/mol. The van der Waals surface area contributed by atoms with Crippen LogP contribution >= 0.6 is 0 Å². The molecule has 0 radical (unpaired) electrons. The van der Waals surface area contributed by atoms with E-state index in [1.165, 1.54) is 0 Å². The maximum Gasteiger partial charge on any atom is 0.337 e. The van der Waals surface area contributed by atoms with Gasteiger partial charge in [-0.15, -0.1) is 0 Å². The summed E-state index contributed by atoms with van der Waals surface area (Å²) in [5, 5.41) is 22.4. The smallest absolute Gasteiger partial charge is 0.337 e. The second-order valence-electron chi connectivity index (χ2n) is 7.40. The van der Waals surface area contributed by atoms with Gasteiger partial charge in [0, 0.05) is 24.5 Å². The number of fused-ring (bicyclic) bond motifs is 1. The van der Waals surface area contributed by atoms with Gasteiger partial charge in [-0.1, -0.05) is 18.2 Å². The summed E-state index contributed by atoms with van der Waals surface area (Å²) in [5.74, 6) is -1.000. The monoisotopic (exact) mass is 412 g/mol. The SMILES string of the molecule is Cc1cc([C@@H](C)Nc2ccccc2C(=O)O)c2nc(-c3cn(C)cn3)c(C#N)nc2c1. The molecule has 8 nitrogen and oxygen atoms in total. The van der Waals surface area contributed by atoms with Crippen molar-refractivity contribution in [1.29, 1.82) is 5.26 Å². The van der Waals surface area contributed by atoms with Crippen LogP contribution in [0, 0.1) is 18.3 Å². The van der Waals surface area contributed by atoms with E-state index < -0.39 is 5.97 Å². The third kappa shape index (κ3) is 3.81. The van der Waals surface area contributed by atoms with Crippen LogP contribution in [0.3, 0.4) is 0 Å². The van der Waals surface area contributed by atoms with E-state index in [2.05, 4.69) is 21.4 Å². The Morgan fingerprint density at radius 1 is 1.26 bits per heavy atom. The molecule has 0 amide bonds. The average Bonchev–Trinajstić information content (AvgIpc) is 3.18. The molecule has 0 spiro atoms. The third-order valence-electron chi connectivity index (χ3n) is 4.99. The van der Waals surface area contributed by atoms with Gasteiger partial charge in [0.1, 0.15) is 17.5 Å². The van der Waals surface area contributed by atoms with E-state index >= 15 is 0 Å². The Balaban J connectivity index is 1.86. The lowest BCUT2D eigenvalue weighted by Gasteiger charge is -2.19. The summed E-state index contributed by atoms with van der Waals surface area (Å²) >= 11 is 0. The van der Waals surface area contributed by atoms with E-state index in [1.54, 1.807) is 41.4 Å². The minimum absolute atomic E-state index is 0.193. The van der Waals surface area contributed by atoms with Gasteiger partial charge in [0.25, 0.3) is 0 Å². The van der Waals surface area contributed by atoms with E-state index in [1.807, 2.05) is 33.0 Å². The van der Waals surface area contributed by atoms with Crippen LogP contribution < -0.4 is 5.32 Å². The number of imidazole rings is 1. The number of carboxylic acid groups (broad SMARTS) is 1. The number of rotatable bonds is 5. The van der Waals surface area contributed by atoms with Crippen LogP contribution in [-0.4, -0.2) is 30.6 Å². The number of nitrogens with one attached hydrogen (secondary N) is 1. The summed E-state index contributed by atoms with van der Waals surface area (Å²) in [5.41, 5.74) is 4.96. The van der Waals surface area contributed by atoms with Gasteiger partial charge < -0.3 is 15.0 Å². The molecule has 4 rings (SSSR count). The largest absolute Gasteiger partial charge is 0.478 e. The Hall–Kier alpha value is -4.25. The Morgan fingerprint density at radius 2 is 2.03 bits per heavy atom. The van der Waals surface area contributed by atoms with Crippen LogP contribution in [0.2, 0.25) is 0 Å². The lowest BCUT2D eigenvalue weighted by atomic mass is 10.0. The van der Waals surface area contributed by atoms with Crippen molar-refractivity contribution in [3.8, 4) is 17.5 Å². The summed E-state index contributed by atoms with van der Waals surface area (Å²) in [6, 6.07) is 12.5. The van der Waals surface area contributed by atoms with Crippen LogP contribution in [0.25, 0.3) is 22.4 Å². The first kappa shape index (κ1) is 20.0. The maximum atomic E-state index is 11.6. The molecule has 0 unspecified atom stereocenters. The van der Waals surface area contributed by atoms with Gasteiger partial charge in [-0.25, -0.2) is 19.7 Å². The Labute approximate surface area is 178 Å². The molecule has 0 aliphatic rings. The molecule has 2 aromatic carbocycles. The number of aromatic nitrogens is 4. The quantitative estimate of drug-likeness (QED) is 0.507. The van der Waals surface area contributed by atoms with Crippen molar-refractivity contribution in [2.45, 2.75) is 19.9 Å². The highest BCUT2D eigenvalue weighted by Gasteiger charge is 2.19. The van der Waals surface area contributed by atoms with E-state index in [-0.39, 0.29) is 17.3 Å². The van der Waals surface area contributed by atoms with Crippen molar-refractivity contribution in [1.82, 2.24) is 19.5 Å². The van der Waals surface area contributed by atoms with Gasteiger partial charge in [-0.05, 0) is 37.6 Å². The molecule has 31 heavy (non-hydrogen) atoms. The van der Waals surface area contributed by atoms with Gasteiger partial charge in [-0.2, -0.15) is 5.26 Å². The minimum Gasteiger partial charge on any atom is -0.478 e. The highest BCUT2D eigenvalue weighted by molar-refractivity contribution is 5.94. The normalized spacial score (nSPS) is 11.8. The van der Waals surface area contributed by atoms with Gasteiger partial charge in [-0.3, -0.25) is 0 Å². The standard InChI is InChI=1S/C23H20N6O2/c1-13-8-16(14(2)26-17-7-5-4-6-15(17)23(30)31)21-18(9-13)27-19(10-24)22(28-21)20-11-29(3)12-25-20/h4-9,11-12,14,26H,1-3H3,(H,30,31)/t14-/m1/s1. The molecule has 0 bridgehead atoms. The predicted molar refractivity (Wildman–Crippen MR) is 117 cm³/mol. The number of aromatic carboxylic acids is 1. The Bertz CT molecular complexity index is 1350. The summed E-state index contributed by atoms with van der Waals surface area (Å²) in [7, 11) is 1.84. The van der Waals surface area contributed by atoms with E-state index in [4.69, 9.17) is 4.98 Å². The zero-order valence-electron chi connectivity index (χ0n) is 17.3. The Kier molecular flexibility index (Phi) is 5.09. The number of anilines is 1. The van der Waals surface area contributed by atoms with Crippen LogP contribution in [0.1, 0.15) is 40.1 Å². The van der Waals surface area contributed by atoms with Crippen molar-refractivity contribution in [3.63, 3.8) is 0 Å². The fourth-order valence-corrected chi connectivity index (χ4v) is 3.56. The number of hydrogen-bond acceptors (Lipinski definition) is 6. The van der Waals surface area contributed by atoms with Crippen LogP contribution in [0.5, 0.6) is 0 Å². The second kappa shape index (κ2) is 7.88. The molecule has 4 aromatic rings. The first-order valence-electron chi connectivity index (χ1n) is 9.67. The van der Waals surface area contributed by atoms with Crippen molar-refractivity contribution in [2.75, 3.05) is 5.32 Å². The van der Waals surface area contributed by atoms with E-state index in [0.29, 0.717) is 28.1 Å². The minimum atomic E-state index is -1.000. The predicted octanol–water partition coefficient (Wildman–Crippen LogP) is 4.08. The second-order valence-corrected chi connectivity index (χ2v) is 7.40. The van der Waals surface area contributed by atoms with E-state index in [0.717, 1.165) is 11.1 Å². The third-order valence-corrected chi connectivity index (χ3v) is 4.99. The number of aryl methyl sites for hydroxylation is 2. The first-order chi connectivity index (χ1) is 14.9. The van der Waals surface area contributed by atoms with Crippen LogP contribution in [-0.2, 0) is 7.05 Å². The van der Waals surface area contributed by atoms with Crippen molar-refractivity contribution < 1.29 is 9.90 Å². The molecule has 2 N–H and O–H groups in total. The topological polar surface area (TPSA) is 117 Å². The molecule has 0 saturated carbocycles. The van der Waals surface area contributed by atoms with Gasteiger partial charge in [0.05, 0.1) is 29.0 Å². The summed E-state index contributed by atoms with van der Waals surface area (Å²) in [6.45, 7) is 3.88.